The maximum absolute atomic E-state index is 13.5. The lowest BCUT2D eigenvalue weighted by Crippen LogP contribution is -2.66. The van der Waals surface area contributed by atoms with E-state index < -0.39 is 100 Å². The first-order valence-corrected chi connectivity index (χ1v) is 27.0. The Balaban J connectivity index is 3.09. The van der Waals surface area contributed by atoms with Gasteiger partial charge in [-0.25, -0.2) is 4.57 Å². The predicted octanol–water partition coefficient (Wildman–Crippen LogP) is 9.14. The Morgan fingerprint density at radius 3 is 1.20 bits per heavy atom. The number of hydrogen-bond acceptors (Lipinski definition) is 12. The van der Waals surface area contributed by atoms with Gasteiger partial charge >= 0.3 is 19.8 Å². The van der Waals surface area contributed by atoms with Crippen LogP contribution < -0.4 is 5.32 Å². The molecule has 0 aromatic rings. The molecule has 1 aliphatic heterocycles. The Morgan fingerprint density at radius 1 is 0.531 bits per heavy atom. The number of aliphatic hydroxyl groups is 4. The van der Waals surface area contributed by atoms with Gasteiger partial charge in [0.1, 0.15) is 12.1 Å². The van der Waals surface area contributed by atoms with Crippen LogP contribution >= 0.6 is 7.82 Å². The third kappa shape index (κ3) is 31.3. The predicted molar refractivity (Wildman–Crippen MR) is 248 cm³/mol. The molecule has 1 fully saturated rings. The van der Waals surface area contributed by atoms with E-state index in [-0.39, 0.29) is 0 Å². The van der Waals surface area contributed by atoms with Gasteiger partial charge in [0.25, 0.3) is 0 Å². The van der Waals surface area contributed by atoms with Crippen molar-refractivity contribution in [3.05, 3.63) is 0 Å². The van der Waals surface area contributed by atoms with Crippen molar-refractivity contribution in [2.75, 3.05) is 6.61 Å². The number of carbonyl (C=O) groups excluding carboxylic acids is 3. The molecule has 1 saturated heterocycles. The SMILES string of the molecule is CCCCCCCCCCC[C@@H](O)CC(=O)NC1C(OC(=O)C[C@H](O)CCCCCCCCCCC)[C@H](OC(=O)C[C@H](O)CCCCCCCCCCC)C(CO)O[C@H]1OP(=O)(O)O. The van der Waals surface area contributed by atoms with Crippen LogP contribution in [0.3, 0.4) is 0 Å². The van der Waals surface area contributed by atoms with Gasteiger partial charge in [0.05, 0.1) is 44.2 Å². The molecule has 16 heteroatoms. The number of ether oxygens (including phenoxy) is 3. The van der Waals surface area contributed by atoms with Gasteiger partial charge in [-0.15, -0.1) is 0 Å². The number of nitrogens with one attached hydrogen (secondary N) is 1. The Hall–Kier alpha value is -1.68. The molecule has 0 aromatic heterocycles. The van der Waals surface area contributed by atoms with E-state index in [1.54, 1.807) is 0 Å². The van der Waals surface area contributed by atoms with Crippen LogP contribution in [0.2, 0.25) is 0 Å². The zero-order valence-electron chi connectivity index (χ0n) is 40.1. The molecule has 64 heavy (non-hydrogen) atoms. The van der Waals surface area contributed by atoms with E-state index in [9.17, 15) is 49.2 Å². The monoisotopic (exact) mass is 938 g/mol. The van der Waals surface area contributed by atoms with Gasteiger partial charge in [0, 0.05) is 0 Å². The number of phosphoric ester groups is 1. The summed E-state index contributed by atoms with van der Waals surface area (Å²) in [5.74, 6) is -2.66. The third-order valence-corrected chi connectivity index (χ3v) is 12.6. The summed E-state index contributed by atoms with van der Waals surface area (Å²) in [5, 5.41) is 45.2. The van der Waals surface area contributed by atoms with E-state index in [0.717, 1.165) is 77.0 Å². The Morgan fingerprint density at radius 2 is 0.859 bits per heavy atom. The fourth-order valence-corrected chi connectivity index (χ4v) is 8.78. The second-order valence-corrected chi connectivity index (χ2v) is 19.4. The second-order valence-electron chi connectivity index (χ2n) is 18.2. The first-order valence-electron chi connectivity index (χ1n) is 25.5. The van der Waals surface area contributed by atoms with E-state index in [1.165, 1.54) is 77.0 Å². The molecule has 8 atom stereocenters. The van der Waals surface area contributed by atoms with Crippen LogP contribution in [0, 0.1) is 0 Å². The molecule has 7 N–H and O–H groups in total. The van der Waals surface area contributed by atoms with E-state index in [0.29, 0.717) is 38.5 Å². The van der Waals surface area contributed by atoms with Gasteiger partial charge in [0.2, 0.25) is 5.91 Å². The van der Waals surface area contributed by atoms with Gasteiger partial charge in [0.15, 0.2) is 18.5 Å². The van der Waals surface area contributed by atoms with Gasteiger partial charge in [-0.05, 0) is 19.3 Å². The summed E-state index contributed by atoms with van der Waals surface area (Å²) < 4.78 is 34.3. The molecule has 0 radical (unpaired) electrons. The average molecular weight is 938 g/mol. The van der Waals surface area contributed by atoms with E-state index in [1.807, 2.05) is 0 Å². The molecule has 1 heterocycles. The Bertz CT molecular complexity index is 1220. The van der Waals surface area contributed by atoms with Crippen molar-refractivity contribution in [2.45, 2.75) is 282 Å². The number of amides is 1. The normalized spacial score (nSPS) is 20.4. The number of hydrogen-bond donors (Lipinski definition) is 7. The highest BCUT2D eigenvalue weighted by molar-refractivity contribution is 7.46. The van der Waals surface area contributed by atoms with Gasteiger partial charge in [-0.2, -0.15) is 0 Å². The van der Waals surface area contributed by atoms with Crippen LogP contribution in [-0.4, -0.2) is 104 Å². The summed E-state index contributed by atoms with van der Waals surface area (Å²) in [6.45, 7) is 5.65. The highest BCUT2D eigenvalue weighted by atomic mass is 31.2. The minimum absolute atomic E-state index is 0.314. The van der Waals surface area contributed by atoms with Gasteiger partial charge in [-0.3, -0.25) is 18.9 Å². The molecular formula is C48H92NO14P. The van der Waals surface area contributed by atoms with Crippen molar-refractivity contribution in [3.8, 4) is 0 Å². The van der Waals surface area contributed by atoms with Crippen molar-refractivity contribution >= 4 is 25.7 Å². The van der Waals surface area contributed by atoms with Crippen molar-refractivity contribution in [2.24, 2.45) is 0 Å². The van der Waals surface area contributed by atoms with Crippen LogP contribution in [0.1, 0.15) is 233 Å². The molecule has 0 saturated carbocycles. The maximum atomic E-state index is 13.5. The van der Waals surface area contributed by atoms with E-state index in [4.69, 9.17) is 18.7 Å². The quantitative estimate of drug-likeness (QED) is 0.0172. The number of carbonyl (C=O) groups is 3. The summed E-state index contributed by atoms with van der Waals surface area (Å²) in [6.07, 6.45) is 18.6. The number of esters is 2. The molecule has 0 aromatic carbocycles. The lowest BCUT2D eigenvalue weighted by molar-refractivity contribution is -0.260. The van der Waals surface area contributed by atoms with Crippen LogP contribution in [0.25, 0.3) is 0 Å². The zero-order chi connectivity index (χ0) is 47.4. The van der Waals surface area contributed by atoms with Gasteiger partial charge in [-0.1, -0.05) is 194 Å². The van der Waals surface area contributed by atoms with Crippen molar-refractivity contribution < 1.29 is 67.9 Å². The molecule has 1 rings (SSSR count). The van der Waals surface area contributed by atoms with Crippen LogP contribution in [0.4, 0.5) is 0 Å². The van der Waals surface area contributed by atoms with Crippen LogP contribution in [0.5, 0.6) is 0 Å². The molecule has 3 unspecified atom stereocenters. The average Bonchev–Trinajstić information content (AvgIpc) is 3.23. The minimum atomic E-state index is -5.34. The summed E-state index contributed by atoms with van der Waals surface area (Å²) in [5.41, 5.74) is 0. The summed E-state index contributed by atoms with van der Waals surface area (Å²) in [6, 6.07) is -1.70. The molecule has 378 valence electrons. The lowest BCUT2D eigenvalue weighted by atomic mass is 9.95. The molecule has 0 spiro atoms. The molecule has 1 aliphatic rings. The van der Waals surface area contributed by atoms with Crippen molar-refractivity contribution in [1.82, 2.24) is 5.32 Å². The molecule has 0 aliphatic carbocycles. The first-order chi connectivity index (χ1) is 30.7. The largest absolute Gasteiger partial charge is 0.472 e. The summed E-state index contributed by atoms with van der Waals surface area (Å²) >= 11 is 0. The fourth-order valence-electron chi connectivity index (χ4n) is 8.33. The second kappa shape index (κ2) is 38.3. The minimum Gasteiger partial charge on any atom is -0.456 e. The highest BCUT2D eigenvalue weighted by Gasteiger charge is 2.53. The lowest BCUT2D eigenvalue weighted by Gasteiger charge is -2.45. The summed E-state index contributed by atoms with van der Waals surface area (Å²) in [4.78, 5) is 59.9. The molecule has 1 amide bonds. The molecular weight excluding hydrogens is 845 g/mol. The van der Waals surface area contributed by atoms with Crippen molar-refractivity contribution in [3.63, 3.8) is 0 Å². The first kappa shape index (κ1) is 60.3. The molecule has 0 bridgehead atoms. The zero-order valence-corrected chi connectivity index (χ0v) is 41.0. The van der Waals surface area contributed by atoms with Gasteiger partial charge < -0.3 is 49.7 Å². The third-order valence-electron chi connectivity index (χ3n) is 12.1. The number of rotatable bonds is 42. The topological polar surface area (TPSA) is 239 Å². The Kier molecular flexibility index (Phi) is 36.1. The summed E-state index contributed by atoms with van der Waals surface area (Å²) in [7, 11) is -5.34. The van der Waals surface area contributed by atoms with Crippen LogP contribution in [-0.2, 0) is 37.7 Å². The standard InChI is InChI=1S/C48H92NO14P/c1-4-7-10-13-16-19-22-25-28-31-38(51)34-42(54)49-45-47(62-44(56)36-40(53)33-30-27-24-21-18-15-12-9-6-3)46(41(37-50)60-48(45)63-64(57,58)59)61-43(55)35-39(52)32-29-26-23-20-17-14-11-8-5-2/h38-41,45-48,50-53H,4-37H2,1-3H3,(H,49,54)(H2,57,58,59)/t38-,39-,40-,41?,45?,46-,47?,48+/m1/s1. The highest BCUT2D eigenvalue weighted by Crippen LogP contribution is 2.41. The smallest absolute Gasteiger partial charge is 0.456 e. The Labute approximate surface area is 386 Å². The fraction of sp³-hybridized carbons (Fsp3) is 0.938. The van der Waals surface area contributed by atoms with Crippen LogP contribution in [0.15, 0.2) is 0 Å². The van der Waals surface area contributed by atoms with Crippen molar-refractivity contribution in [1.29, 1.82) is 0 Å². The van der Waals surface area contributed by atoms with E-state index >= 15 is 0 Å². The number of aliphatic hydroxyl groups excluding tert-OH is 4. The maximum Gasteiger partial charge on any atom is 0.472 e. The number of unbranched alkanes of at least 4 members (excludes halogenated alkanes) is 24. The molecule has 15 nitrogen and oxygen atoms in total. The van der Waals surface area contributed by atoms with E-state index in [2.05, 4.69) is 26.1 Å². The number of phosphoric acid groups is 1.